The first-order valence-electron chi connectivity index (χ1n) is 7.68. The van der Waals surface area contributed by atoms with Crippen molar-refractivity contribution >= 4 is 22.6 Å². The Morgan fingerprint density at radius 3 is 2.87 bits per heavy atom. The number of aryl methyl sites for hydroxylation is 2. The highest BCUT2D eigenvalue weighted by Gasteiger charge is 2.29. The Labute approximate surface area is 133 Å². The molecule has 0 saturated heterocycles. The fourth-order valence-electron chi connectivity index (χ4n) is 2.72. The lowest BCUT2D eigenvalue weighted by atomic mass is 10.2. The van der Waals surface area contributed by atoms with Crippen molar-refractivity contribution in [1.82, 2.24) is 19.5 Å². The van der Waals surface area contributed by atoms with Gasteiger partial charge in [0.05, 0.1) is 16.9 Å². The van der Waals surface area contributed by atoms with Crippen molar-refractivity contribution in [3.63, 3.8) is 0 Å². The van der Waals surface area contributed by atoms with Crippen molar-refractivity contribution in [2.75, 3.05) is 5.32 Å². The minimum atomic E-state index is 0.0673. The molecule has 1 saturated carbocycles. The second-order valence-corrected chi connectivity index (χ2v) is 5.97. The fraction of sp³-hybridized carbons (Fsp3) is 0.294. The minimum absolute atomic E-state index is 0.0673. The van der Waals surface area contributed by atoms with Gasteiger partial charge in [0.1, 0.15) is 11.6 Å². The van der Waals surface area contributed by atoms with E-state index in [1.807, 2.05) is 26.1 Å². The zero-order valence-corrected chi connectivity index (χ0v) is 13.1. The third-order valence-electron chi connectivity index (χ3n) is 4.16. The van der Waals surface area contributed by atoms with Crippen LogP contribution in [0.1, 0.15) is 18.7 Å². The van der Waals surface area contributed by atoms with Gasteiger partial charge < -0.3 is 9.88 Å². The van der Waals surface area contributed by atoms with Crippen LogP contribution in [0.2, 0.25) is 0 Å². The van der Waals surface area contributed by atoms with E-state index >= 15 is 0 Å². The maximum atomic E-state index is 11.9. The lowest BCUT2D eigenvalue weighted by Gasteiger charge is -2.06. The summed E-state index contributed by atoms with van der Waals surface area (Å²) in [5.41, 5.74) is 2.88. The molecule has 116 valence electrons. The highest BCUT2D eigenvalue weighted by Crippen LogP contribution is 2.31. The van der Waals surface area contributed by atoms with Gasteiger partial charge in [0, 0.05) is 36.8 Å². The zero-order valence-electron chi connectivity index (χ0n) is 13.1. The fourth-order valence-corrected chi connectivity index (χ4v) is 2.72. The topological polar surface area (TPSA) is 72.7 Å². The lowest BCUT2D eigenvalue weighted by Crippen LogP contribution is -2.14. The molecule has 0 bridgehead atoms. The predicted octanol–water partition coefficient (Wildman–Crippen LogP) is 2.69. The predicted molar refractivity (Wildman–Crippen MR) is 87.8 cm³/mol. The Hall–Kier alpha value is -2.76. The van der Waals surface area contributed by atoms with Crippen molar-refractivity contribution < 1.29 is 4.79 Å². The monoisotopic (exact) mass is 307 g/mol. The molecule has 0 spiro atoms. The average molecular weight is 307 g/mol. The summed E-state index contributed by atoms with van der Waals surface area (Å²) in [7, 11) is 1.99. The number of aromatic nitrogens is 4. The van der Waals surface area contributed by atoms with Crippen LogP contribution < -0.4 is 5.32 Å². The SMILES string of the molecule is Cc1nccc(-c2cc3cnc(NC(=O)C4CC4)cc3n2C)n1. The first-order chi connectivity index (χ1) is 11.1. The van der Waals surface area contributed by atoms with Crippen LogP contribution >= 0.6 is 0 Å². The Bertz CT molecular complexity index is 910. The number of nitrogens with zero attached hydrogens (tertiary/aromatic N) is 4. The summed E-state index contributed by atoms with van der Waals surface area (Å²) < 4.78 is 2.06. The maximum Gasteiger partial charge on any atom is 0.228 e. The van der Waals surface area contributed by atoms with Crippen LogP contribution in [0, 0.1) is 12.8 Å². The van der Waals surface area contributed by atoms with Gasteiger partial charge in [-0.3, -0.25) is 4.79 Å². The summed E-state index contributed by atoms with van der Waals surface area (Å²) in [4.78, 5) is 24.8. The molecule has 3 aromatic rings. The maximum absolute atomic E-state index is 11.9. The summed E-state index contributed by atoms with van der Waals surface area (Å²) in [6, 6.07) is 5.86. The molecule has 0 atom stereocenters. The number of rotatable bonds is 3. The smallest absolute Gasteiger partial charge is 0.228 e. The van der Waals surface area contributed by atoms with Crippen LogP contribution in [0.3, 0.4) is 0 Å². The molecule has 0 aromatic carbocycles. The first kappa shape index (κ1) is 13.9. The molecule has 4 rings (SSSR count). The molecule has 6 nitrogen and oxygen atoms in total. The summed E-state index contributed by atoms with van der Waals surface area (Å²) in [5, 5.41) is 3.91. The number of amides is 1. The van der Waals surface area contributed by atoms with E-state index in [-0.39, 0.29) is 11.8 Å². The van der Waals surface area contributed by atoms with Gasteiger partial charge in [-0.2, -0.15) is 0 Å². The van der Waals surface area contributed by atoms with Gasteiger partial charge in [0.15, 0.2) is 0 Å². The molecule has 23 heavy (non-hydrogen) atoms. The molecular weight excluding hydrogens is 290 g/mol. The van der Waals surface area contributed by atoms with Crippen molar-refractivity contribution in [2.24, 2.45) is 13.0 Å². The van der Waals surface area contributed by atoms with E-state index in [9.17, 15) is 4.79 Å². The Morgan fingerprint density at radius 2 is 2.13 bits per heavy atom. The molecule has 1 aliphatic rings. The molecule has 1 aliphatic carbocycles. The number of anilines is 1. The van der Waals surface area contributed by atoms with Crippen LogP contribution in [-0.2, 0) is 11.8 Å². The van der Waals surface area contributed by atoms with Gasteiger partial charge in [0.2, 0.25) is 5.91 Å². The molecule has 1 amide bonds. The highest BCUT2D eigenvalue weighted by molar-refractivity contribution is 5.95. The molecule has 0 radical (unpaired) electrons. The second kappa shape index (κ2) is 5.15. The summed E-state index contributed by atoms with van der Waals surface area (Å²) in [6.07, 6.45) is 5.51. The number of nitrogens with one attached hydrogen (secondary N) is 1. The molecule has 6 heteroatoms. The number of carbonyl (C=O) groups excluding carboxylic acids is 1. The molecule has 3 aromatic heterocycles. The number of fused-ring (bicyclic) bond motifs is 1. The summed E-state index contributed by atoms with van der Waals surface area (Å²) in [5.74, 6) is 1.57. The Kier molecular flexibility index (Phi) is 3.11. The van der Waals surface area contributed by atoms with E-state index in [1.54, 1.807) is 12.4 Å². The van der Waals surface area contributed by atoms with Gasteiger partial charge in [0.25, 0.3) is 0 Å². The Balaban J connectivity index is 1.74. The van der Waals surface area contributed by atoms with Gasteiger partial charge in [-0.25, -0.2) is 15.0 Å². The van der Waals surface area contributed by atoms with E-state index in [2.05, 4.69) is 30.9 Å². The third kappa shape index (κ3) is 2.56. The van der Waals surface area contributed by atoms with E-state index < -0.39 is 0 Å². The largest absolute Gasteiger partial charge is 0.342 e. The third-order valence-corrected chi connectivity index (χ3v) is 4.16. The molecule has 0 unspecified atom stereocenters. The normalized spacial score (nSPS) is 14.2. The Morgan fingerprint density at radius 1 is 1.30 bits per heavy atom. The van der Waals surface area contributed by atoms with Crippen molar-refractivity contribution in [3.8, 4) is 11.4 Å². The summed E-state index contributed by atoms with van der Waals surface area (Å²) >= 11 is 0. The van der Waals surface area contributed by atoms with E-state index in [4.69, 9.17) is 0 Å². The van der Waals surface area contributed by atoms with E-state index in [1.165, 1.54) is 0 Å². The highest BCUT2D eigenvalue weighted by atomic mass is 16.2. The van der Waals surface area contributed by atoms with Gasteiger partial charge in [-0.05, 0) is 31.9 Å². The zero-order chi connectivity index (χ0) is 16.0. The van der Waals surface area contributed by atoms with E-state index in [0.717, 1.165) is 41.0 Å². The van der Waals surface area contributed by atoms with E-state index in [0.29, 0.717) is 5.82 Å². The van der Waals surface area contributed by atoms with Gasteiger partial charge in [-0.15, -0.1) is 0 Å². The molecule has 3 heterocycles. The lowest BCUT2D eigenvalue weighted by molar-refractivity contribution is -0.117. The molecule has 0 aliphatic heterocycles. The molecule has 1 N–H and O–H groups in total. The van der Waals surface area contributed by atoms with Crippen LogP contribution in [0.5, 0.6) is 0 Å². The average Bonchev–Trinajstić information content (AvgIpc) is 3.33. The number of carbonyl (C=O) groups is 1. The van der Waals surface area contributed by atoms with Crippen molar-refractivity contribution in [2.45, 2.75) is 19.8 Å². The van der Waals surface area contributed by atoms with Crippen LogP contribution in [0.15, 0.2) is 30.6 Å². The number of hydrogen-bond acceptors (Lipinski definition) is 4. The quantitative estimate of drug-likeness (QED) is 0.807. The minimum Gasteiger partial charge on any atom is -0.342 e. The first-order valence-corrected chi connectivity index (χ1v) is 7.68. The van der Waals surface area contributed by atoms with Crippen LogP contribution in [-0.4, -0.2) is 25.4 Å². The number of pyridine rings is 1. The standard InChI is InChI=1S/C17H17N5O/c1-10-18-6-5-13(20-10)15-7-12-9-19-16(8-14(12)22(15)2)21-17(23)11-3-4-11/h5-9,11H,3-4H2,1-2H3,(H,19,21,23). The summed E-state index contributed by atoms with van der Waals surface area (Å²) in [6.45, 7) is 1.87. The van der Waals surface area contributed by atoms with Crippen LogP contribution in [0.4, 0.5) is 5.82 Å². The van der Waals surface area contributed by atoms with Gasteiger partial charge >= 0.3 is 0 Å². The molecular formula is C17H17N5O. The second-order valence-electron chi connectivity index (χ2n) is 5.97. The van der Waals surface area contributed by atoms with Crippen molar-refractivity contribution in [1.29, 1.82) is 0 Å². The van der Waals surface area contributed by atoms with Crippen molar-refractivity contribution in [3.05, 3.63) is 36.4 Å². The molecule has 1 fully saturated rings. The van der Waals surface area contributed by atoms with Crippen LogP contribution in [0.25, 0.3) is 22.3 Å². The van der Waals surface area contributed by atoms with Gasteiger partial charge in [-0.1, -0.05) is 0 Å². The number of hydrogen-bond donors (Lipinski definition) is 1.